The molecule has 0 aromatic carbocycles. The lowest BCUT2D eigenvalue weighted by molar-refractivity contribution is -0.138. The number of nitrogens with one attached hydrogen (secondary N) is 2. The third-order valence-electron chi connectivity index (χ3n) is 3.31. The highest BCUT2D eigenvalue weighted by Crippen LogP contribution is 2.22. The van der Waals surface area contributed by atoms with Gasteiger partial charge in [-0.25, -0.2) is 4.79 Å². The van der Waals surface area contributed by atoms with Crippen LogP contribution in [-0.2, 0) is 4.79 Å². The molecule has 3 atom stereocenters. The van der Waals surface area contributed by atoms with Gasteiger partial charge < -0.3 is 15.7 Å². The fourth-order valence-electron chi connectivity index (χ4n) is 2.12. The number of hydrogen-bond acceptors (Lipinski definition) is 2. The normalized spacial score (nSPS) is 26.7. The Labute approximate surface area is 102 Å². The van der Waals surface area contributed by atoms with Gasteiger partial charge in [0.25, 0.3) is 0 Å². The van der Waals surface area contributed by atoms with Crippen LogP contribution in [0.4, 0.5) is 4.79 Å². The molecule has 0 bridgehead atoms. The Hall–Kier alpha value is -1.26. The average molecular weight is 242 g/mol. The van der Waals surface area contributed by atoms with Gasteiger partial charge in [0.05, 0.1) is 0 Å². The molecule has 2 unspecified atom stereocenters. The molecule has 2 amide bonds. The first-order chi connectivity index (χ1) is 7.99. The van der Waals surface area contributed by atoms with Crippen molar-refractivity contribution in [3.63, 3.8) is 0 Å². The summed E-state index contributed by atoms with van der Waals surface area (Å²) < 4.78 is 0. The second-order valence-electron chi connectivity index (χ2n) is 4.99. The monoisotopic (exact) mass is 242 g/mol. The van der Waals surface area contributed by atoms with Crippen molar-refractivity contribution < 1.29 is 14.7 Å². The Morgan fingerprint density at radius 3 is 2.59 bits per heavy atom. The summed E-state index contributed by atoms with van der Waals surface area (Å²) in [5.74, 6) is -0.294. The van der Waals surface area contributed by atoms with Crippen LogP contribution < -0.4 is 10.6 Å². The molecule has 1 aliphatic carbocycles. The summed E-state index contributed by atoms with van der Waals surface area (Å²) in [6.45, 7) is 3.69. The molecule has 3 N–H and O–H groups in total. The molecule has 0 heterocycles. The fourth-order valence-corrected chi connectivity index (χ4v) is 2.12. The van der Waals surface area contributed by atoms with Crippen LogP contribution in [0.5, 0.6) is 0 Å². The van der Waals surface area contributed by atoms with Gasteiger partial charge in [0.15, 0.2) is 0 Å². The number of carbonyl (C=O) groups excluding carboxylic acids is 1. The summed E-state index contributed by atoms with van der Waals surface area (Å²) in [6.07, 6.45) is 5.43. The third-order valence-corrected chi connectivity index (χ3v) is 3.31. The van der Waals surface area contributed by atoms with E-state index in [0.717, 1.165) is 31.6 Å². The molecule has 98 valence electrons. The molecule has 0 aromatic heterocycles. The van der Waals surface area contributed by atoms with Crippen molar-refractivity contribution in [1.82, 2.24) is 10.6 Å². The summed E-state index contributed by atoms with van der Waals surface area (Å²) in [7, 11) is 0. The van der Waals surface area contributed by atoms with E-state index in [1.54, 1.807) is 0 Å². The van der Waals surface area contributed by atoms with Gasteiger partial charge in [-0.3, -0.25) is 4.79 Å². The predicted molar refractivity (Wildman–Crippen MR) is 64.8 cm³/mol. The Morgan fingerprint density at radius 2 is 1.94 bits per heavy atom. The van der Waals surface area contributed by atoms with Crippen LogP contribution >= 0.6 is 0 Å². The summed E-state index contributed by atoms with van der Waals surface area (Å²) in [6, 6.07) is -1.04. The lowest BCUT2D eigenvalue weighted by Crippen LogP contribution is -2.47. The number of urea groups is 1. The standard InChI is InChI=1S/C12H22N2O3/c1-8-4-3-5-10(7-6-8)14-12(17)13-9(2)11(15)16/h8-10H,3-7H2,1-2H3,(H,15,16)(H2,13,14,17)/t8?,9-,10?/m0/s1. The van der Waals surface area contributed by atoms with Crippen LogP contribution in [0.25, 0.3) is 0 Å². The van der Waals surface area contributed by atoms with Gasteiger partial charge >= 0.3 is 12.0 Å². The smallest absolute Gasteiger partial charge is 0.325 e. The van der Waals surface area contributed by atoms with E-state index >= 15 is 0 Å². The maximum absolute atomic E-state index is 11.5. The molecule has 1 fully saturated rings. The molecule has 0 aromatic rings. The highest BCUT2D eigenvalue weighted by molar-refractivity contribution is 5.82. The second-order valence-corrected chi connectivity index (χ2v) is 4.99. The lowest BCUT2D eigenvalue weighted by atomic mass is 10.0. The summed E-state index contributed by atoms with van der Waals surface area (Å²) >= 11 is 0. The number of carboxylic acid groups (broad SMARTS) is 1. The molecule has 5 nitrogen and oxygen atoms in total. The molecular formula is C12H22N2O3. The number of carboxylic acids is 1. The topological polar surface area (TPSA) is 78.4 Å². The van der Waals surface area contributed by atoms with Gasteiger partial charge in [-0.15, -0.1) is 0 Å². The predicted octanol–water partition coefficient (Wildman–Crippen LogP) is 1.73. The summed E-state index contributed by atoms with van der Waals surface area (Å²) in [5.41, 5.74) is 0. The maximum Gasteiger partial charge on any atom is 0.325 e. The minimum absolute atomic E-state index is 0.181. The van der Waals surface area contributed by atoms with Gasteiger partial charge in [0.2, 0.25) is 0 Å². The Morgan fingerprint density at radius 1 is 1.24 bits per heavy atom. The first kappa shape index (κ1) is 13.8. The molecule has 5 heteroatoms. The third kappa shape index (κ3) is 5.06. The highest BCUT2D eigenvalue weighted by Gasteiger charge is 2.19. The van der Waals surface area contributed by atoms with Crippen molar-refractivity contribution in [3.8, 4) is 0 Å². The van der Waals surface area contributed by atoms with Crippen LogP contribution in [0, 0.1) is 5.92 Å². The minimum Gasteiger partial charge on any atom is -0.480 e. The number of hydrogen-bond donors (Lipinski definition) is 3. The van der Waals surface area contributed by atoms with Crippen LogP contribution in [0.3, 0.4) is 0 Å². The van der Waals surface area contributed by atoms with Crippen LogP contribution in [0.15, 0.2) is 0 Å². The van der Waals surface area contributed by atoms with E-state index < -0.39 is 12.0 Å². The van der Waals surface area contributed by atoms with Crippen molar-refractivity contribution in [3.05, 3.63) is 0 Å². The first-order valence-corrected chi connectivity index (χ1v) is 6.29. The van der Waals surface area contributed by atoms with E-state index in [-0.39, 0.29) is 12.1 Å². The molecule has 17 heavy (non-hydrogen) atoms. The zero-order valence-corrected chi connectivity index (χ0v) is 10.5. The molecular weight excluding hydrogens is 220 g/mol. The molecule has 0 radical (unpaired) electrons. The van der Waals surface area contributed by atoms with Crippen molar-refractivity contribution in [1.29, 1.82) is 0 Å². The molecule has 0 spiro atoms. The van der Waals surface area contributed by atoms with Crippen molar-refractivity contribution >= 4 is 12.0 Å². The van der Waals surface area contributed by atoms with Gasteiger partial charge in [0, 0.05) is 6.04 Å². The van der Waals surface area contributed by atoms with Crippen LogP contribution in [-0.4, -0.2) is 29.2 Å². The number of amides is 2. The SMILES string of the molecule is CC1CCCC(NC(=O)N[C@@H](C)C(=O)O)CC1. The van der Waals surface area contributed by atoms with E-state index in [1.807, 2.05) is 0 Å². The Balaban J connectivity index is 2.32. The van der Waals surface area contributed by atoms with Crippen molar-refractivity contribution in [2.75, 3.05) is 0 Å². The summed E-state index contributed by atoms with van der Waals surface area (Å²) in [4.78, 5) is 22.1. The van der Waals surface area contributed by atoms with Gasteiger partial charge in [-0.2, -0.15) is 0 Å². The molecule has 0 aliphatic heterocycles. The highest BCUT2D eigenvalue weighted by atomic mass is 16.4. The zero-order chi connectivity index (χ0) is 12.8. The van der Waals surface area contributed by atoms with Gasteiger partial charge in [-0.1, -0.05) is 19.8 Å². The molecule has 1 rings (SSSR count). The second kappa shape index (κ2) is 6.47. The van der Waals surface area contributed by atoms with Crippen molar-refractivity contribution in [2.45, 2.75) is 58.0 Å². The van der Waals surface area contributed by atoms with Crippen LogP contribution in [0.1, 0.15) is 46.0 Å². The quantitative estimate of drug-likeness (QED) is 0.659. The number of carbonyl (C=O) groups is 2. The Kier molecular flexibility index (Phi) is 5.25. The molecule has 1 saturated carbocycles. The number of rotatable bonds is 3. The van der Waals surface area contributed by atoms with Crippen molar-refractivity contribution in [2.24, 2.45) is 5.92 Å². The maximum atomic E-state index is 11.5. The number of aliphatic carboxylic acids is 1. The fraction of sp³-hybridized carbons (Fsp3) is 0.833. The van der Waals surface area contributed by atoms with E-state index in [9.17, 15) is 9.59 Å². The largest absolute Gasteiger partial charge is 0.480 e. The zero-order valence-electron chi connectivity index (χ0n) is 10.5. The average Bonchev–Trinajstić information content (AvgIpc) is 2.43. The van der Waals surface area contributed by atoms with Gasteiger partial charge in [-0.05, 0) is 32.1 Å². The van der Waals surface area contributed by atoms with Gasteiger partial charge in [0.1, 0.15) is 6.04 Å². The van der Waals surface area contributed by atoms with Crippen LogP contribution in [0.2, 0.25) is 0 Å². The van der Waals surface area contributed by atoms with E-state index in [2.05, 4.69) is 17.6 Å². The Bertz CT molecular complexity index is 281. The van der Waals surface area contributed by atoms with E-state index in [0.29, 0.717) is 0 Å². The summed E-state index contributed by atoms with van der Waals surface area (Å²) in [5, 5.41) is 13.9. The first-order valence-electron chi connectivity index (χ1n) is 6.29. The van der Waals surface area contributed by atoms with E-state index in [1.165, 1.54) is 13.3 Å². The molecule has 0 saturated heterocycles. The van der Waals surface area contributed by atoms with E-state index in [4.69, 9.17) is 5.11 Å². The molecule has 1 aliphatic rings. The lowest BCUT2D eigenvalue weighted by Gasteiger charge is -2.18. The minimum atomic E-state index is -1.02.